The van der Waals surface area contributed by atoms with Crippen LogP contribution in [0.4, 0.5) is 0 Å². The smallest absolute Gasteiger partial charge is 0.166 e. The number of aryl methyl sites for hydroxylation is 2. The highest BCUT2D eigenvalue weighted by atomic mass is 16.1. The molecule has 0 radical (unpaired) electrons. The number of carbonyl (C=O) groups is 1. The van der Waals surface area contributed by atoms with Crippen molar-refractivity contribution in [1.82, 2.24) is 9.97 Å². The van der Waals surface area contributed by atoms with E-state index in [9.17, 15) is 4.79 Å². The van der Waals surface area contributed by atoms with Crippen LogP contribution in [0.2, 0.25) is 0 Å². The lowest BCUT2D eigenvalue weighted by Crippen LogP contribution is -2.16. The molecule has 3 heteroatoms. The van der Waals surface area contributed by atoms with Crippen molar-refractivity contribution in [3.63, 3.8) is 0 Å². The van der Waals surface area contributed by atoms with Crippen molar-refractivity contribution < 1.29 is 4.79 Å². The number of carbonyl (C=O) groups excluding carboxylic acids is 1. The maximum atomic E-state index is 11.8. The zero-order valence-corrected chi connectivity index (χ0v) is 11.3. The van der Waals surface area contributed by atoms with E-state index < -0.39 is 0 Å². The molecule has 2 aliphatic carbocycles. The SMILES string of the molecule is O=C1CCCc2nc(C3CCc4ccccc43)ncc21. The van der Waals surface area contributed by atoms with E-state index in [0.717, 1.165) is 42.8 Å². The fraction of sp³-hybridized carbons (Fsp3) is 0.353. The van der Waals surface area contributed by atoms with Gasteiger partial charge < -0.3 is 0 Å². The molecular weight excluding hydrogens is 248 g/mol. The van der Waals surface area contributed by atoms with Crippen LogP contribution < -0.4 is 0 Å². The Morgan fingerprint density at radius 2 is 2.00 bits per heavy atom. The van der Waals surface area contributed by atoms with Crippen molar-refractivity contribution in [1.29, 1.82) is 0 Å². The average Bonchev–Trinajstić information content (AvgIpc) is 2.91. The quantitative estimate of drug-likeness (QED) is 0.795. The number of benzene rings is 1. The lowest BCUT2D eigenvalue weighted by molar-refractivity contribution is 0.0971. The standard InChI is InChI=1S/C17H16N2O/c20-16-7-3-6-15-14(16)10-18-17(19-15)13-9-8-11-4-1-2-5-12(11)13/h1-2,4-5,10,13H,3,6-9H2. The summed E-state index contributed by atoms with van der Waals surface area (Å²) < 4.78 is 0. The Bertz CT molecular complexity index is 693. The molecule has 20 heavy (non-hydrogen) atoms. The third kappa shape index (κ3) is 1.77. The monoisotopic (exact) mass is 264 g/mol. The van der Waals surface area contributed by atoms with Crippen LogP contribution in [0.5, 0.6) is 0 Å². The van der Waals surface area contributed by atoms with Crippen LogP contribution in [0, 0.1) is 0 Å². The second-order valence-corrected chi connectivity index (χ2v) is 5.66. The predicted octanol–water partition coefficient (Wildman–Crippen LogP) is 3.07. The van der Waals surface area contributed by atoms with Gasteiger partial charge in [0.2, 0.25) is 0 Å². The summed E-state index contributed by atoms with van der Waals surface area (Å²) in [4.78, 5) is 21.0. The number of nitrogens with zero attached hydrogens (tertiary/aromatic N) is 2. The van der Waals surface area contributed by atoms with E-state index in [1.165, 1.54) is 11.1 Å². The number of aromatic nitrogens is 2. The summed E-state index contributed by atoms with van der Waals surface area (Å²) in [6, 6.07) is 8.55. The molecule has 2 aromatic rings. The number of rotatable bonds is 1. The minimum absolute atomic E-state index is 0.199. The molecule has 2 aliphatic rings. The Morgan fingerprint density at radius 3 is 2.95 bits per heavy atom. The molecule has 3 nitrogen and oxygen atoms in total. The van der Waals surface area contributed by atoms with E-state index in [-0.39, 0.29) is 5.78 Å². The molecule has 0 amide bonds. The van der Waals surface area contributed by atoms with Gasteiger partial charge in [0, 0.05) is 18.5 Å². The summed E-state index contributed by atoms with van der Waals surface area (Å²) in [5.41, 5.74) is 4.46. The van der Waals surface area contributed by atoms with E-state index in [0.29, 0.717) is 12.3 Å². The second kappa shape index (κ2) is 4.51. The Kier molecular flexibility index (Phi) is 2.66. The molecule has 0 bridgehead atoms. The van der Waals surface area contributed by atoms with Crippen molar-refractivity contribution in [2.75, 3.05) is 0 Å². The highest BCUT2D eigenvalue weighted by molar-refractivity contribution is 5.97. The molecule has 1 unspecified atom stereocenters. The van der Waals surface area contributed by atoms with Gasteiger partial charge in [0.05, 0.1) is 11.3 Å². The molecule has 0 aliphatic heterocycles. The molecule has 1 heterocycles. The molecule has 0 fully saturated rings. The van der Waals surface area contributed by atoms with Gasteiger partial charge in [-0.25, -0.2) is 9.97 Å². The van der Waals surface area contributed by atoms with Gasteiger partial charge in [-0.2, -0.15) is 0 Å². The van der Waals surface area contributed by atoms with Gasteiger partial charge in [-0.05, 0) is 36.8 Å². The number of hydrogen-bond acceptors (Lipinski definition) is 3. The third-order valence-corrected chi connectivity index (χ3v) is 4.45. The van der Waals surface area contributed by atoms with Crippen LogP contribution in [0.15, 0.2) is 30.5 Å². The van der Waals surface area contributed by atoms with Gasteiger partial charge in [-0.3, -0.25) is 4.79 Å². The average molecular weight is 264 g/mol. The van der Waals surface area contributed by atoms with Crippen molar-refractivity contribution in [2.24, 2.45) is 0 Å². The van der Waals surface area contributed by atoms with Gasteiger partial charge >= 0.3 is 0 Å². The number of ketones is 1. The molecule has 0 N–H and O–H groups in total. The highest BCUT2D eigenvalue weighted by Gasteiger charge is 2.27. The summed E-state index contributed by atoms with van der Waals surface area (Å²) in [5, 5.41) is 0. The summed E-state index contributed by atoms with van der Waals surface area (Å²) in [6.07, 6.45) is 6.39. The van der Waals surface area contributed by atoms with E-state index >= 15 is 0 Å². The zero-order chi connectivity index (χ0) is 13.5. The maximum Gasteiger partial charge on any atom is 0.166 e. The zero-order valence-electron chi connectivity index (χ0n) is 11.3. The topological polar surface area (TPSA) is 42.9 Å². The second-order valence-electron chi connectivity index (χ2n) is 5.66. The Balaban J connectivity index is 1.76. The first-order valence-corrected chi connectivity index (χ1v) is 7.30. The molecule has 0 saturated carbocycles. The van der Waals surface area contributed by atoms with E-state index in [2.05, 4.69) is 29.2 Å². The van der Waals surface area contributed by atoms with E-state index in [1.807, 2.05) is 0 Å². The third-order valence-electron chi connectivity index (χ3n) is 4.45. The largest absolute Gasteiger partial charge is 0.294 e. The van der Waals surface area contributed by atoms with Crippen molar-refractivity contribution in [3.05, 3.63) is 58.7 Å². The van der Waals surface area contributed by atoms with Crippen LogP contribution in [0.3, 0.4) is 0 Å². The Hall–Kier alpha value is -2.03. The summed E-state index contributed by atoms with van der Waals surface area (Å²) in [6.45, 7) is 0. The van der Waals surface area contributed by atoms with E-state index in [4.69, 9.17) is 4.98 Å². The van der Waals surface area contributed by atoms with Gasteiger partial charge in [-0.15, -0.1) is 0 Å². The number of Topliss-reactive ketones (excluding diaryl/α,β-unsaturated/α-hetero) is 1. The molecule has 1 atom stereocenters. The van der Waals surface area contributed by atoms with Crippen LogP contribution in [0.25, 0.3) is 0 Å². The minimum Gasteiger partial charge on any atom is -0.294 e. The van der Waals surface area contributed by atoms with Crippen LogP contribution in [-0.2, 0) is 12.8 Å². The van der Waals surface area contributed by atoms with Gasteiger partial charge in [-0.1, -0.05) is 24.3 Å². The summed E-state index contributed by atoms with van der Waals surface area (Å²) in [5.74, 6) is 1.39. The summed E-state index contributed by atoms with van der Waals surface area (Å²) in [7, 11) is 0. The lowest BCUT2D eigenvalue weighted by atomic mass is 9.95. The number of hydrogen-bond donors (Lipinski definition) is 0. The first-order chi connectivity index (χ1) is 9.83. The predicted molar refractivity (Wildman–Crippen MR) is 75.9 cm³/mol. The van der Waals surface area contributed by atoms with Crippen LogP contribution in [-0.4, -0.2) is 15.8 Å². The molecule has 4 rings (SSSR count). The van der Waals surface area contributed by atoms with Crippen molar-refractivity contribution in [3.8, 4) is 0 Å². The molecule has 1 aromatic carbocycles. The fourth-order valence-electron chi connectivity index (χ4n) is 3.40. The minimum atomic E-state index is 0.199. The highest BCUT2D eigenvalue weighted by Crippen LogP contribution is 2.36. The van der Waals surface area contributed by atoms with Gasteiger partial charge in [0.1, 0.15) is 5.82 Å². The first-order valence-electron chi connectivity index (χ1n) is 7.30. The van der Waals surface area contributed by atoms with E-state index in [1.54, 1.807) is 6.20 Å². The summed E-state index contributed by atoms with van der Waals surface area (Å²) >= 11 is 0. The van der Waals surface area contributed by atoms with Crippen molar-refractivity contribution >= 4 is 5.78 Å². The molecule has 1 aromatic heterocycles. The molecular formula is C17H16N2O. The first kappa shape index (κ1) is 11.8. The van der Waals surface area contributed by atoms with Crippen molar-refractivity contribution in [2.45, 2.75) is 38.0 Å². The molecule has 0 spiro atoms. The molecule has 0 saturated heterocycles. The normalized spacial score (nSPS) is 20.6. The number of fused-ring (bicyclic) bond motifs is 2. The van der Waals surface area contributed by atoms with Gasteiger partial charge in [0.25, 0.3) is 0 Å². The Labute approximate surface area is 118 Å². The fourth-order valence-corrected chi connectivity index (χ4v) is 3.40. The van der Waals surface area contributed by atoms with Crippen LogP contribution in [0.1, 0.15) is 58.2 Å². The maximum absolute atomic E-state index is 11.8. The van der Waals surface area contributed by atoms with Crippen LogP contribution >= 0.6 is 0 Å². The molecule has 100 valence electrons. The van der Waals surface area contributed by atoms with Gasteiger partial charge in [0.15, 0.2) is 5.78 Å². The Morgan fingerprint density at radius 1 is 1.10 bits per heavy atom. The lowest BCUT2D eigenvalue weighted by Gasteiger charge is -2.16.